The Morgan fingerprint density at radius 3 is 2.14 bits per heavy atom. The molecule has 2 heteroatoms. The van der Waals surface area contributed by atoms with Gasteiger partial charge in [0.05, 0.1) is 0 Å². The van der Waals surface area contributed by atoms with Crippen molar-refractivity contribution in [1.82, 2.24) is 0 Å². The summed E-state index contributed by atoms with van der Waals surface area (Å²) in [5, 5.41) is 0. The number of ether oxygens (including phenoxy) is 2. The Morgan fingerprint density at radius 2 is 1.45 bits per heavy atom. The Morgan fingerprint density at radius 1 is 0.793 bits per heavy atom. The van der Waals surface area contributed by atoms with Crippen LogP contribution in [0.25, 0.3) is 6.08 Å². The lowest BCUT2D eigenvalue weighted by molar-refractivity contribution is 0.174. The summed E-state index contributed by atoms with van der Waals surface area (Å²) in [6, 6.07) is 27.9. The van der Waals surface area contributed by atoms with E-state index in [1.54, 1.807) is 0 Å². The molecule has 0 spiro atoms. The van der Waals surface area contributed by atoms with Gasteiger partial charge in [-0.05, 0) is 48.1 Å². The average Bonchev–Trinajstić information content (AvgIpc) is 3.25. The van der Waals surface area contributed by atoms with Crippen molar-refractivity contribution < 1.29 is 9.47 Å². The van der Waals surface area contributed by atoms with Gasteiger partial charge in [0.2, 0.25) is 6.79 Å². The van der Waals surface area contributed by atoms with Gasteiger partial charge in [0, 0.05) is 5.41 Å². The molecule has 1 aliphatic rings. The Bertz CT molecular complexity index is 905. The van der Waals surface area contributed by atoms with E-state index in [0.29, 0.717) is 6.79 Å². The highest BCUT2D eigenvalue weighted by Gasteiger charge is 2.27. The molecule has 0 unspecified atom stereocenters. The third-order valence-electron chi connectivity index (χ3n) is 5.83. The first kappa shape index (κ1) is 19.3. The number of benzene rings is 3. The first-order valence-corrected chi connectivity index (χ1v) is 10.4. The van der Waals surface area contributed by atoms with E-state index in [9.17, 15) is 0 Å². The van der Waals surface area contributed by atoms with Gasteiger partial charge in [-0.1, -0.05) is 92.2 Å². The summed E-state index contributed by atoms with van der Waals surface area (Å²) in [6.45, 7) is 2.70. The summed E-state index contributed by atoms with van der Waals surface area (Å²) in [5.41, 5.74) is 3.99. The molecule has 0 saturated heterocycles. The summed E-state index contributed by atoms with van der Waals surface area (Å²) in [6.07, 6.45) is 9.02. The van der Waals surface area contributed by atoms with Crippen LogP contribution >= 0.6 is 0 Å². The first-order chi connectivity index (χ1) is 14.3. The second kappa shape index (κ2) is 9.00. The molecule has 0 aromatic heterocycles. The lowest BCUT2D eigenvalue weighted by Gasteiger charge is -2.31. The molecule has 1 heterocycles. The fourth-order valence-electron chi connectivity index (χ4n) is 4.04. The van der Waals surface area contributed by atoms with Crippen molar-refractivity contribution in [3.05, 3.63) is 102 Å². The molecule has 3 aromatic carbocycles. The van der Waals surface area contributed by atoms with Crippen LogP contribution in [-0.2, 0) is 5.41 Å². The van der Waals surface area contributed by atoms with Crippen molar-refractivity contribution >= 4 is 6.08 Å². The molecule has 0 N–H and O–H groups in total. The monoisotopic (exact) mass is 384 g/mol. The quantitative estimate of drug-likeness (QED) is 0.389. The van der Waals surface area contributed by atoms with Crippen molar-refractivity contribution in [2.24, 2.45) is 0 Å². The van der Waals surface area contributed by atoms with E-state index in [1.807, 2.05) is 12.1 Å². The zero-order valence-electron chi connectivity index (χ0n) is 17.0. The van der Waals surface area contributed by atoms with Gasteiger partial charge >= 0.3 is 0 Å². The predicted octanol–water partition coefficient (Wildman–Crippen LogP) is 7.00. The molecule has 0 aliphatic carbocycles. The fourth-order valence-corrected chi connectivity index (χ4v) is 4.04. The third-order valence-corrected chi connectivity index (χ3v) is 5.83. The van der Waals surface area contributed by atoms with Gasteiger partial charge < -0.3 is 9.47 Å². The Hall–Kier alpha value is -3.00. The van der Waals surface area contributed by atoms with Gasteiger partial charge in [-0.2, -0.15) is 0 Å². The highest BCUT2D eigenvalue weighted by atomic mass is 16.7. The summed E-state index contributed by atoms with van der Waals surface area (Å²) in [7, 11) is 0. The molecule has 4 rings (SSSR count). The molecule has 148 valence electrons. The molecule has 0 bridgehead atoms. The van der Waals surface area contributed by atoms with E-state index < -0.39 is 0 Å². The number of allylic oxidation sites excluding steroid dienone is 1. The fraction of sp³-hybridized carbons (Fsp3) is 0.259. The van der Waals surface area contributed by atoms with E-state index in [2.05, 4.69) is 85.8 Å². The van der Waals surface area contributed by atoms with Crippen molar-refractivity contribution in [3.8, 4) is 11.5 Å². The number of hydrogen-bond acceptors (Lipinski definition) is 2. The first-order valence-electron chi connectivity index (χ1n) is 10.4. The highest BCUT2D eigenvalue weighted by molar-refractivity contribution is 5.56. The van der Waals surface area contributed by atoms with Crippen LogP contribution in [0.1, 0.15) is 49.3 Å². The minimum Gasteiger partial charge on any atom is -0.454 e. The summed E-state index contributed by atoms with van der Waals surface area (Å²) in [5.74, 6) is 1.68. The van der Waals surface area contributed by atoms with Crippen molar-refractivity contribution in [2.45, 2.75) is 38.0 Å². The standard InChI is InChI=1S/C27H28O2/c1-27(23-13-7-4-8-14-23,24-15-9-5-10-16-24)19-11-3-2-6-12-22-17-18-25-26(20-22)29-21-28-25/h4-10,12-18,20H,2-3,11,19,21H2,1H3/b12-6+. The zero-order valence-corrected chi connectivity index (χ0v) is 17.0. The van der Waals surface area contributed by atoms with Gasteiger partial charge in [-0.15, -0.1) is 0 Å². The Labute approximate surface area is 173 Å². The van der Waals surface area contributed by atoms with Crippen LogP contribution in [0.2, 0.25) is 0 Å². The van der Waals surface area contributed by atoms with Crippen LogP contribution in [-0.4, -0.2) is 6.79 Å². The maximum atomic E-state index is 5.45. The topological polar surface area (TPSA) is 18.5 Å². The van der Waals surface area contributed by atoms with E-state index in [0.717, 1.165) is 29.9 Å². The molecular weight excluding hydrogens is 356 g/mol. The molecule has 2 nitrogen and oxygen atoms in total. The van der Waals surface area contributed by atoms with Gasteiger partial charge in [-0.3, -0.25) is 0 Å². The van der Waals surface area contributed by atoms with E-state index in [4.69, 9.17) is 9.47 Å². The van der Waals surface area contributed by atoms with Crippen LogP contribution in [0.4, 0.5) is 0 Å². The maximum absolute atomic E-state index is 5.45. The molecular formula is C27H28O2. The molecule has 0 saturated carbocycles. The van der Waals surface area contributed by atoms with Gasteiger partial charge in [0.1, 0.15) is 0 Å². The molecule has 0 atom stereocenters. The predicted molar refractivity (Wildman–Crippen MR) is 119 cm³/mol. The maximum Gasteiger partial charge on any atom is 0.231 e. The lowest BCUT2D eigenvalue weighted by Crippen LogP contribution is -2.23. The van der Waals surface area contributed by atoms with Crippen LogP contribution < -0.4 is 9.47 Å². The smallest absolute Gasteiger partial charge is 0.231 e. The average molecular weight is 385 g/mol. The van der Waals surface area contributed by atoms with Gasteiger partial charge in [-0.25, -0.2) is 0 Å². The van der Waals surface area contributed by atoms with Gasteiger partial charge in [0.15, 0.2) is 11.5 Å². The number of rotatable bonds is 8. The summed E-state index contributed by atoms with van der Waals surface area (Å²) < 4.78 is 10.8. The van der Waals surface area contributed by atoms with Crippen molar-refractivity contribution in [1.29, 1.82) is 0 Å². The SMILES string of the molecule is CC(CCCC/C=C/c1ccc2c(c1)OCO2)(c1ccccc1)c1ccccc1. The summed E-state index contributed by atoms with van der Waals surface area (Å²) in [4.78, 5) is 0. The minimum atomic E-state index is 0.0452. The van der Waals surface area contributed by atoms with E-state index in [-0.39, 0.29) is 5.41 Å². The third kappa shape index (κ3) is 4.54. The molecule has 1 aliphatic heterocycles. The minimum absolute atomic E-state index is 0.0452. The molecule has 0 radical (unpaired) electrons. The molecule has 0 fully saturated rings. The Kier molecular flexibility index (Phi) is 6.00. The number of unbranched alkanes of at least 4 members (excludes halogenated alkanes) is 2. The molecule has 29 heavy (non-hydrogen) atoms. The van der Waals surface area contributed by atoms with Crippen LogP contribution in [0, 0.1) is 0 Å². The molecule has 0 amide bonds. The number of fused-ring (bicyclic) bond motifs is 1. The normalized spacial score (nSPS) is 13.1. The zero-order chi connectivity index (χ0) is 19.9. The Balaban J connectivity index is 1.35. The lowest BCUT2D eigenvalue weighted by atomic mass is 9.73. The largest absolute Gasteiger partial charge is 0.454 e. The van der Waals surface area contributed by atoms with Crippen molar-refractivity contribution in [3.63, 3.8) is 0 Å². The molecule has 3 aromatic rings. The van der Waals surface area contributed by atoms with Crippen LogP contribution in [0.15, 0.2) is 84.9 Å². The second-order valence-electron chi connectivity index (χ2n) is 7.83. The van der Waals surface area contributed by atoms with E-state index >= 15 is 0 Å². The van der Waals surface area contributed by atoms with E-state index in [1.165, 1.54) is 24.0 Å². The van der Waals surface area contributed by atoms with Crippen molar-refractivity contribution in [2.75, 3.05) is 6.79 Å². The summed E-state index contributed by atoms with van der Waals surface area (Å²) >= 11 is 0. The van der Waals surface area contributed by atoms with Gasteiger partial charge in [0.25, 0.3) is 0 Å². The van der Waals surface area contributed by atoms with Crippen LogP contribution in [0.3, 0.4) is 0 Å². The van der Waals surface area contributed by atoms with Crippen LogP contribution in [0.5, 0.6) is 11.5 Å². The second-order valence-corrected chi connectivity index (χ2v) is 7.83. The number of hydrogen-bond donors (Lipinski definition) is 0. The highest BCUT2D eigenvalue weighted by Crippen LogP contribution is 2.37.